The number of rotatable bonds is 12. The zero-order valence-electron chi connectivity index (χ0n) is 20.7. The smallest absolute Gasteiger partial charge is 0.326 e. The number of hydrogen-bond donors (Lipinski definition) is 3. The van der Waals surface area contributed by atoms with E-state index in [9.17, 15) is 14.4 Å². The van der Waals surface area contributed by atoms with Gasteiger partial charge in [0.05, 0.1) is 21.8 Å². The number of carbonyl (C=O) groups is 3. The average molecular weight is 649 g/mol. The average Bonchev–Trinajstić information content (AvgIpc) is 2.85. The number of nitrogens with one attached hydrogen (secondary N) is 1. The maximum atomic E-state index is 12.3. The minimum atomic E-state index is -1.51. The molecule has 0 spiro atoms. The highest BCUT2D eigenvalue weighted by Crippen LogP contribution is 2.40. The Morgan fingerprint density at radius 1 is 0.921 bits per heavy atom. The molecule has 3 rings (SSSR count). The highest BCUT2D eigenvalue weighted by atomic mass is 79.9. The van der Waals surface area contributed by atoms with Crippen molar-refractivity contribution in [2.24, 2.45) is 0 Å². The summed E-state index contributed by atoms with van der Waals surface area (Å²) in [4.78, 5) is 34.4. The van der Waals surface area contributed by atoms with Gasteiger partial charge < -0.3 is 25.0 Å². The zero-order chi connectivity index (χ0) is 27.8. The van der Waals surface area contributed by atoms with Crippen molar-refractivity contribution < 1.29 is 34.1 Å². The molecule has 38 heavy (non-hydrogen) atoms. The lowest BCUT2D eigenvalue weighted by Gasteiger charge is -2.17. The summed E-state index contributed by atoms with van der Waals surface area (Å²) in [6.45, 7) is 4.60. The van der Waals surface area contributed by atoms with Crippen LogP contribution in [-0.4, -0.2) is 34.1 Å². The Kier molecular flexibility index (Phi) is 10.3. The van der Waals surface area contributed by atoms with Crippen LogP contribution in [0.3, 0.4) is 0 Å². The summed E-state index contributed by atoms with van der Waals surface area (Å²) in [6.07, 6.45) is -0.860. The van der Waals surface area contributed by atoms with Gasteiger partial charge >= 0.3 is 11.9 Å². The van der Waals surface area contributed by atoms with Gasteiger partial charge in [-0.05, 0) is 79.2 Å². The lowest BCUT2D eigenvalue weighted by molar-refractivity contribution is -0.147. The van der Waals surface area contributed by atoms with Crippen LogP contribution in [0.5, 0.6) is 17.2 Å². The van der Waals surface area contributed by atoms with Gasteiger partial charge in [0.25, 0.3) is 0 Å². The SMILES string of the molecule is CC(C)c1cc(Oc2c(Br)cc(CC(=O)N[C@@H](CC(=O)O)C(=O)O)cc2Br)ccc1OCc1ccccc1. The third-order valence-corrected chi connectivity index (χ3v) is 6.67. The summed E-state index contributed by atoms with van der Waals surface area (Å²) in [5.74, 6) is -1.28. The first-order valence-corrected chi connectivity index (χ1v) is 13.3. The van der Waals surface area contributed by atoms with E-state index in [2.05, 4.69) is 51.0 Å². The van der Waals surface area contributed by atoms with E-state index in [-0.39, 0.29) is 12.3 Å². The van der Waals surface area contributed by atoms with E-state index >= 15 is 0 Å². The van der Waals surface area contributed by atoms with Gasteiger partial charge in [0, 0.05) is 5.56 Å². The number of amides is 1. The summed E-state index contributed by atoms with van der Waals surface area (Å²) in [5.41, 5.74) is 2.64. The number of carbonyl (C=O) groups excluding carboxylic acids is 1. The molecule has 200 valence electrons. The molecule has 0 saturated carbocycles. The zero-order valence-corrected chi connectivity index (χ0v) is 23.9. The van der Waals surface area contributed by atoms with Crippen LogP contribution in [-0.2, 0) is 27.4 Å². The fraction of sp³-hybridized carbons (Fsp3) is 0.250. The summed E-state index contributed by atoms with van der Waals surface area (Å²) in [7, 11) is 0. The Hall–Kier alpha value is -3.37. The van der Waals surface area contributed by atoms with Gasteiger partial charge in [-0.15, -0.1) is 0 Å². The van der Waals surface area contributed by atoms with Crippen LogP contribution in [0.25, 0.3) is 0 Å². The van der Waals surface area contributed by atoms with Crippen molar-refractivity contribution in [2.45, 2.75) is 45.3 Å². The highest BCUT2D eigenvalue weighted by Gasteiger charge is 2.23. The second kappa shape index (κ2) is 13.4. The molecule has 0 saturated heterocycles. The molecule has 1 atom stereocenters. The van der Waals surface area contributed by atoms with Crippen LogP contribution in [0.2, 0.25) is 0 Å². The molecule has 3 aromatic carbocycles. The van der Waals surface area contributed by atoms with Crippen molar-refractivity contribution in [1.29, 1.82) is 0 Å². The number of ether oxygens (including phenoxy) is 2. The molecule has 0 aliphatic rings. The second-order valence-electron chi connectivity index (χ2n) is 8.85. The summed E-state index contributed by atoms with van der Waals surface area (Å²) in [6, 6.07) is 17.4. The fourth-order valence-electron chi connectivity index (χ4n) is 3.64. The molecule has 0 unspecified atom stereocenters. The largest absolute Gasteiger partial charge is 0.489 e. The van der Waals surface area contributed by atoms with E-state index in [1.54, 1.807) is 12.1 Å². The van der Waals surface area contributed by atoms with Crippen molar-refractivity contribution >= 4 is 49.7 Å². The molecule has 0 aromatic heterocycles. The van der Waals surface area contributed by atoms with Gasteiger partial charge in [-0.2, -0.15) is 0 Å². The van der Waals surface area contributed by atoms with Crippen LogP contribution in [0, 0.1) is 0 Å². The van der Waals surface area contributed by atoms with Gasteiger partial charge in [0.1, 0.15) is 24.1 Å². The molecule has 0 heterocycles. The fourth-order valence-corrected chi connectivity index (χ4v) is 5.09. The molecule has 3 aromatic rings. The van der Waals surface area contributed by atoms with Crippen molar-refractivity contribution in [3.63, 3.8) is 0 Å². The van der Waals surface area contributed by atoms with Crippen LogP contribution in [0.15, 0.2) is 69.6 Å². The van der Waals surface area contributed by atoms with Gasteiger partial charge in [-0.3, -0.25) is 9.59 Å². The topological polar surface area (TPSA) is 122 Å². The Morgan fingerprint density at radius 2 is 1.58 bits per heavy atom. The lowest BCUT2D eigenvalue weighted by Crippen LogP contribution is -2.42. The molecule has 3 N–H and O–H groups in total. The third kappa shape index (κ3) is 8.32. The minimum absolute atomic E-state index is 0.147. The number of carboxylic acid groups (broad SMARTS) is 2. The van der Waals surface area contributed by atoms with Crippen LogP contribution < -0.4 is 14.8 Å². The molecular weight excluding hydrogens is 622 g/mol. The maximum absolute atomic E-state index is 12.3. The molecule has 0 aliphatic heterocycles. The van der Waals surface area contributed by atoms with Gasteiger partial charge in [-0.25, -0.2) is 4.79 Å². The number of benzene rings is 3. The number of aliphatic carboxylic acids is 2. The van der Waals surface area contributed by atoms with E-state index in [0.29, 0.717) is 32.6 Å². The molecule has 0 radical (unpaired) electrons. The van der Waals surface area contributed by atoms with Crippen LogP contribution in [0.1, 0.15) is 42.9 Å². The number of hydrogen-bond acceptors (Lipinski definition) is 5. The van der Waals surface area contributed by atoms with Gasteiger partial charge in [-0.1, -0.05) is 44.2 Å². The molecule has 0 fully saturated rings. The molecule has 0 bridgehead atoms. The summed E-state index contributed by atoms with van der Waals surface area (Å²) >= 11 is 6.96. The predicted molar refractivity (Wildman–Crippen MR) is 149 cm³/mol. The van der Waals surface area contributed by atoms with Crippen molar-refractivity contribution in [3.8, 4) is 17.2 Å². The van der Waals surface area contributed by atoms with E-state index < -0.39 is 30.3 Å². The van der Waals surface area contributed by atoms with Gasteiger partial charge in [0.15, 0.2) is 5.75 Å². The van der Waals surface area contributed by atoms with E-state index in [0.717, 1.165) is 16.9 Å². The number of carboxylic acids is 2. The Balaban J connectivity index is 1.73. The Morgan fingerprint density at radius 3 is 2.16 bits per heavy atom. The maximum Gasteiger partial charge on any atom is 0.326 e. The van der Waals surface area contributed by atoms with Crippen LogP contribution in [0.4, 0.5) is 0 Å². The standard InChI is InChI=1S/C28H27Br2NO7/c1-16(2)20-13-19(8-9-24(20)37-15-17-6-4-3-5-7-17)38-27-21(29)10-18(11-22(27)30)12-25(32)31-23(28(35)36)14-26(33)34/h3-11,13,16,23H,12,14-15H2,1-2H3,(H,31,32)(H,33,34)(H,35,36)/t23-/m0/s1. The molecule has 1 amide bonds. The molecule has 0 aliphatic carbocycles. The highest BCUT2D eigenvalue weighted by molar-refractivity contribution is 9.11. The van der Waals surface area contributed by atoms with E-state index in [1.807, 2.05) is 48.5 Å². The van der Waals surface area contributed by atoms with Crippen LogP contribution >= 0.6 is 31.9 Å². The van der Waals surface area contributed by atoms with E-state index in [4.69, 9.17) is 19.7 Å². The Bertz CT molecular complexity index is 1290. The number of halogens is 2. The minimum Gasteiger partial charge on any atom is -0.489 e. The normalized spacial score (nSPS) is 11.6. The first-order valence-electron chi connectivity index (χ1n) is 11.7. The van der Waals surface area contributed by atoms with Crippen molar-refractivity contribution in [2.75, 3.05) is 0 Å². The molecule has 8 nitrogen and oxygen atoms in total. The monoisotopic (exact) mass is 647 g/mol. The first-order chi connectivity index (χ1) is 18.0. The first kappa shape index (κ1) is 29.2. The summed E-state index contributed by atoms with van der Waals surface area (Å²) < 4.78 is 13.4. The van der Waals surface area contributed by atoms with Gasteiger partial charge in [0.2, 0.25) is 5.91 Å². The summed E-state index contributed by atoms with van der Waals surface area (Å²) in [5, 5.41) is 20.2. The molecular formula is C28H27Br2NO7. The third-order valence-electron chi connectivity index (χ3n) is 5.50. The predicted octanol–water partition coefficient (Wildman–Crippen LogP) is 6.29. The van der Waals surface area contributed by atoms with Crippen molar-refractivity contribution in [3.05, 3.63) is 86.3 Å². The van der Waals surface area contributed by atoms with E-state index in [1.165, 1.54) is 0 Å². The Labute approximate surface area is 237 Å². The van der Waals surface area contributed by atoms with Crippen molar-refractivity contribution in [1.82, 2.24) is 5.32 Å². The molecule has 10 heteroatoms. The lowest BCUT2D eigenvalue weighted by atomic mass is 10.0. The second-order valence-corrected chi connectivity index (χ2v) is 10.6. The quantitative estimate of drug-likeness (QED) is 0.211.